The number of benzene rings is 1. The molecule has 1 aromatic carbocycles. The van der Waals surface area contributed by atoms with Crippen molar-refractivity contribution in [2.75, 3.05) is 5.73 Å². The number of nitrogens with two attached hydrogens (primary N) is 1. The summed E-state index contributed by atoms with van der Waals surface area (Å²) in [4.78, 5) is 0. The summed E-state index contributed by atoms with van der Waals surface area (Å²) < 4.78 is 9.00. The third kappa shape index (κ3) is 3.07. The molecule has 1 heterocycles. The minimum absolute atomic E-state index is 0.347. The van der Waals surface area contributed by atoms with Crippen molar-refractivity contribution in [3.05, 3.63) is 37.5 Å². The first-order chi connectivity index (χ1) is 8.90. The van der Waals surface area contributed by atoms with E-state index in [2.05, 4.69) is 37.0 Å². The van der Waals surface area contributed by atoms with Gasteiger partial charge >= 0.3 is 0 Å². The van der Waals surface area contributed by atoms with Gasteiger partial charge in [-0.15, -0.1) is 0 Å². The van der Waals surface area contributed by atoms with Crippen molar-refractivity contribution in [1.29, 1.82) is 0 Å². The molecular weight excluding hydrogens is 397 g/mol. The summed E-state index contributed by atoms with van der Waals surface area (Å²) in [5.74, 6) is 0.688. The Labute approximate surface area is 133 Å². The molecule has 0 fully saturated rings. The van der Waals surface area contributed by atoms with Gasteiger partial charge in [-0.3, -0.25) is 4.68 Å². The zero-order valence-corrected chi connectivity index (χ0v) is 14.3. The average molecular weight is 410 g/mol. The maximum absolute atomic E-state index is 6.16. The molecule has 1 aromatic heterocycles. The second kappa shape index (κ2) is 5.73. The van der Waals surface area contributed by atoms with Crippen LogP contribution in [0.4, 0.5) is 5.69 Å². The van der Waals surface area contributed by atoms with Gasteiger partial charge in [0.25, 0.3) is 0 Å². The second-order valence-corrected chi connectivity index (χ2v) is 6.15. The largest absolute Gasteiger partial charge is 0.486 e. The summed E-state index contributed by atoms with van der Waals surface area (Å²) in [6.45, 7) is 2.25. The van der Waals surface area contributed by atoms with Gasteiger partial charge in [-0.1, -0.05) is 11.6 Å². The molecule has 0 bridgehead atoms. The topological polar surface area (TPSA) is 53.1 Å². The normalized spacial score (nSPS) is 10.8. The van der Waals surface area contributed by atoms with Crippen molar-refractivity contribution >= 4 is 49.1 Å². The number of aryl methyl sites for hydroxylation is 2. The Kier molecular flexibility index (Phi) is 4.43. The molecule has 4 nitrogen and oxygen atoms in total. The van der Waals surface area contributed by atoms with Gasteiger partial charge in [0, 0.05) is 18.3 Å². The van der Waals surface area contributed by atoms with Crippen molar-refractivity contribution in [2.24, 2.45) is 7.05 Å². The lowest BCUT2D eigenvalue weighted by atomic mass is 10.3. The number of ether oxygens (including phenoxy) is 1. The quantitative estimate of drug-likeness (QED) is 0.778. The molecule has 0 aliphatic carbocycles. The van der Waals surface area contributed by atoms with Crippen molar-refractivity contribution in [3.63, 3.8) is 0 Å². The van der Waals surface area contributed by atoms with Crippen LogP contribution in [0, 0.1) is 6.92 Å². The van der Waals surface area contributed by atoms with E-state index in [0.29, 0.717) is 23.2 Å². The molecule has 2 rings (SSSR count). The van der Waals surface area contributed by atoms with Crippen LogP contribution >= 0.6 is 43.5 Å². The van der Waals surface area contributed by atoms with Gasteiger partial charge < -0.3 is 10.5 Å². The molecule has 0 saturated heterocycles. The van der Waals surface area contributed by atoms with Crippen molar-refractivity contribution < 1.29 is 4.74 Å². The second-order valence-electron chi connectivity index (χ2n) is 4.08. The molecular formula is C12H12Br2ClN3O. The summed E-state index contributed by atoms with van der Waals surface area (Å²) in [6.07, 6.45) is 0. The number of rotatable bonds is 3. The predicted octanol–water partition coefficient (Wildman–Crippen LogP) is 4.07. The Hall–Kier alpha value is -0.720. The number of nitrogens with zero attached hydrogens (tertiary/aromatic N) is 2. The summed E-state index contributed by atoms with van der Waals surface area (Å²) in [5.41, 5.74) is 8.12. The van der Waals surface area contributed by atoms with E-state index in [9.17, 15) is 0 Å². The van der Waals surface area contributed by atoms with Crippen molar-refractivity contribution in [2.45, 2.75) is 13.5 Å². The molecule has 0 amide bonds. The van der Waals surface area contributed by atoms with E-state index in [-0.39, 0.29) is 0 Å². The van der Waals surface area contributed by atoms with E-state index in [0.717, 1.165) is 20.2 Å². The molecule has 0 spiro atoms. The molecule has 2 N–H and O–H groups in total. The highest BCUT2D eigenvalue weighted by Gasteiger charge is 2.14. The third-order valence-corrected chi connectivity index (χ3v) is 4.30. The zero-order valence-electron chi connectivity index (χ0n) is 10.4. The number of hydrogen-bond acceptors (Lipinski definition) is 3. The van der Waals surface area contributed by atoms with Gasteiger partial charge in [0.15, 0.2) is 0 Å². The molecule has 102 valence electrons. The van der Waals surface area contributed by atoms with Crippen LogP contribution in [0.2, 0.25) is 5.15 Å². The highest BCUT2D eigenvalue weighted by molar-refractivity contribution is 9.11. The van der Waals surface area contributed by atoms with E-state index in [1.807, 2.05) is 6.92 Å². The number of nitrogen functional groups attached to an aromatic ring is 1. The lowest BCUT2D eigenvalue weighted by Crippen LogP contribution is -1.99. The fourth-order valence-corrected chi connectivity index (χ4v) is 3.38. The maximum Gasteiger partial charge on any atom is 0.148 e. The highest BCUT2D eigenvalue weighted by Crippen LogP contribution is 2.36. The minimum atomic E-state index is 0.347. The van der Waals surface area contributed by atoms with Crippen LogP contribution in [0.15, 0.2) is 21.1 Å². The van der Waals surface area contributed by atoms with Crippen LogP contribution in [0.5, 0.6) is 5.75 Å². The van der Waals surface area contributed by atoms with E-state index < -0.39 is 0 Å². The number of halogens is 3. The van der Waals surface area contributed by atoms with Gasteiger partial charge in [0.05, 0.1) is 14.6 Å². The Morgan fingerprint density at radius 3 is 2.42 bits per heavy atom. The SMILES string of the molecule is Cc1nn(C)c(Cl)c1COc1c(Br)cc(N)cc1Br. The fourth-order valence-electron chi connectivity index (χ4n) is 1.70. The lowest BCUT2D eigenvalue weighted by molar-refractivity contribution is 0.301. The Morgan fingerprint density at radius 1 is 1.37 bits per heavy atom. The van der Waals surface area contributed by atoms with E-state index in [1.54, 1.807) is 23.9 Å². The number of anilines is 1. The molecule has 7 heteroatoms. The molecule has 2 aromatic rings. The third-order valence-electron chi connectivity index (χ3n) is 2.65. The maximum atomic E-state index is 6.16. The monoisotopic (exact) mass is 407 g/mol. The van der Waals surface area contributed by atoms with Gasteiger partial charge in [-0.2, -0.15) is 5.10 Å². The van der Waals surface area contributed by atoms with Crippen LogP contribution in [0.1, 0.15) is 11.3 Å². The Morgan fingerprint density at radius 2 is 1.95 bits per heavy atom. The molecule has 0 aliphatic rings. The number of hydrogen-bond donors (Lipinski definition) is 1. The van der Waals surface area contributed by atoms with E-state index in [4.69, 9.17) is 22.1 Å². The van der Waals surface area contributed by atoms with E-state index >= 15 is 0 Å². The molecule has 0 saturated carbocycles. The molecule has 0 unspecified atom stereocenters. The Bertz CT molecular complexity index is 605. The standard InChI is InChI=1S/C12H12Br2ClN3O/c1-6-8(12(15)18(2)17-6)5-19-11-9(13)3-7(16)4-10(11)14/h3-4H,5,16H2,1-2H3. The lowest BCUT2D eigenvalue weighted by Gasteiger charge is -2.11. The van der Waals surface area contributed by atoms with E-state index in [1.165, 1.54) is 0 Å². The van der Waals surface area contributed by atoms with Gasteiger partial charge in [-0.25, -0.2) is 0 Å². The summed E-state index contributed by atoms with van der Waals surface area (Å²) in [6, 6.07) is 3.58. The first-order valence-electron chi connectivity index (χ1n) is 5.45. The fraction of sp³-hybridized carbons (Fsp3) is 0.250. The van der Waals surface area contributed by atoms with Crippen LogP contribution in [-0.4, -0.2) is 9.78 Å². The molecule has 0 aliphatic heterocycles. The number of aromatic nitrogens is 2. The first kappa shape index (κ1) is 14.7. The smallest absolute Gasteiger partial charge is 0.148 e. The first-order valence-corrected chi connectivity index (χ1v) is 7.42. The van der Waals surface area contributed by atoms with Gasteiger partial charge in [0.1, 0.15) is 17.5 Å². The summed E-state index contributed by atoms with van der Waals surface area (Å²) in [7, 11) is 1.80. The summed E-state index contributed by atoms with van der Waals surface area (Å²) in [5, 5.41) is 4.83. The van der Waals surface area contributed by atoms with Crippen LogP contribution in [0.25, 0.3) is 0 Å². The predicted molar refractivity (Wildman–Crippen MR) is 83.5 cm³/mol. The van der Waals surface area contributed by atoms with Crippen LogP contribution < -0.4 is 10.5 Å². The molecule has 0 radical (unpaired) electrons. The van der Waals surface area contributed by atoms with Crippen molar-refractivity contribution in [3.8, 4) is 5.75 Å². The Balaban J connectivity index is 2.24. The summed E-state index contributed by atoms with van der Waals surface area (Å²) >= 11 is 13.0. The zero-order chi connectivity index (χ0) is 14.2. The van der Waals surface area contributed by atoms with Gasteiger partial charge in [-0.05, 0) is 50.9 Å². The van der Waals surface area contributed by atoms with Gasteiger partial charge in [0.2, 0.25) is 0 Å². The van der Waals surface area contributed by atoms with Crippen LogP contribution in [-0.2, 0) is 13.7 Å². The highest BCUT2D eigenvalue weighted by atomic mass is 79.9. The minimum Gasteiger partial charge on any atom is -0.486 e. The average Bonchev–Trinajstić information content (AvgIpc) is 2.53. The molecule has 0 atom stereocenters. The van der Waals surface area contributed by atoms with Crippen LogP contribution in [0.3, 0.4) is 0 Å². The van der Waals surface area contributed by atoms with Crippen molar-refractivity contribution in [1.82, 2.24) is 9.78 Å². The molecule has 19 heavy (non-hydrogen) atoms.